The van der Waals surface area contributed by atoms with Crippen molar-refractivity contribution in [3.8, 4) is 45.5 Å². The molecule has 4 heterocycles. The predicted octanol–water partition coefficient (Wildman–Crippen LogP) is 6.13. The van der Waals surface area contributed by atoms with Gasteiger partial charge in [0.1, 0.15) is 16.9 Å². The molecule has 218 valence electrons. The average Bonchev–Trinajstić information content (AvgIpc) is 3.37. The highest BCUT2D eigenvalue weighted by Crippen LogP contribution is 2.44. The SMILES string of the molecule is COc1ccnc2c1-c1nc(-c3ccc(CN4CCC(NC(=O)OC(C)(C)C)CC4)cc3)c(-c3ccccc3)n1CO2. The molecular weight excluding hydrogens is 530 g/mol. The molecular formula is C33H37N5O4. The van der Waals surface area contributed by atoms with Gasteiger partial charge in [0.25, 0.3) is 0 Å². The van der Waals surface area contributed by atoms with Crippen LogP contribution < -0.4 is 14.8 Å². The van der Waals surface area contributed by atoms with Crippen molar-refractivity contribution in [2.45, 2.75) is 58.5 Å². The molecule has 1 fully saturated rings. The number of rotatable bonds is 6. The van der Waals surface area contributed by atoms with E-state index >= 15 is 0 Å². The number of hydrogen-bond acceptors (Lipinski definition) is 7. The fraction of sp³-hybridized carbons (Fsp3) is 0.364. The number of amides is 1. The molecule has 0 bridgehead atoms. The van der Waals surface area contributed by atoms with Crippen LogP contribution in [0.25, 0.3) is 33.9 Å². The number of carbonyl (C=O) groups excluding carboxylic acids is 1. The van der Waals surface area contributed by atoms with Crippen molar-refractivity contribution in [2.24, 2.45) is 0 Å². The molecule has 2 aromatic carbocycles. The van der Waals surface area contributed by atoms with Crippen LogP contribution in [0.15, 0.2) is 66.9 Å². The monoisotopic (exact) mass is 567 g/mol. The highest BCUT2D eigenvalue weighted by Gasteiger charge is 2.30. The lowest BCUT2D eigenvalue weighted by molar-refractivity contribution is 0.0477. The van der Waals surface area contributed by atoms with Crippen molar-refractivity contribution in [2.75, 3.05) is 20.2 Å². The van der Waals surface area contributed by atoms with Crippen molar-refractivity contribution in [3.05, 3.63) is 72.4 Å². The third kappa shape index (κ3) is 5.83. The number of fused-ring (bicyclic) bond motifs is 3. The second-order valence-electron chi connectivity index (χ2n) is 11.8. The van der Waals surface area contributed by atoms with Crippen LogP contribution in [0, 0.1) is 0 Å². The topological polar surface area (TPSA) is 90.7 Å². The zero-order chi connectivity index (χ0) is 29.3. The van der Waals surface area contributed by atoms with Gasteiger partial charge in [0.15, 0.2) is 12.6 Å². The van der Waals surface area contributed by atoms with Gasteiger partial charge in [0, 0.05) is 43.0 Å². The lowest BCUT2D eigenvalue weighted by atomic mass is 10.0. The fourth-order valence-electron chi connectivity index (χ4n) is 5.63. The van der Waals surface area contributed by atoms with E-state index < -0.39 is 5.60 Å². The molecule has 1 N–H and O–H groups in total. The molecule has 0 saturated carbocycles. The molecule has 42 heavy (non-hydrogen) atoms. The molecule has 0 unspecified atom stereocenters. The van der Waals surface area contributed by atoms with Gasteiger partial charge in [-0.05, 0) is 45.2 Å². The maximum atomic E-state index is 12.2. The molecule has 0 radical (unpaired) electrons. The maximum absolute atomic E-state index is 12.2. The highest BCUT2D eigenvalue weighted by molar-refractivity contribution is 5.84. The lowest BCUT2D eigenvalue weighted by Crippen LogP contribution is -2.45. The quantitative estimate of drug-likeness (QED) is 0.300. The Kier molecular flexibility index (Phi) is 7.60. The molecule has 4 aromatic rings. The van der Waals surface area contributed by atoms with Crippen LogP contribution in [0.4, 0.5) is 4.79 Å². The van der Waals surface area contributed by atoms with Crippen LogP contribution >= 0.6 is 0 Å². The Morgan fingerprint density at radius 3 is 2.45 bits per heavy atom. The molecule has 9 nitrogen and oxygen atoms in total. The van der Waals surface area contributed by atoms with Gasteiger partial charge in [-0.1, -0.05) is 54.6 Å². The van der Waals surface area contributed by atoms with Gasteiger partial charge in [0.2, 0.25) is 5.88 Å². The predicted molar refractivity (Wildman–Crippen MR) is 161 cm³/mol. The molecule has 6 rings (SSSR count). The molecule has 0 atom stereocenters. The van der Waals surface area contributed by atoms with Crippen LogP contribution in [0.1, 0.15) is 39.2 Å². The third-order valence-electron chi connectivity index (χ3n) is 7.61. The summed E-state index contributed by atoms with van der Waals surface area (Å²) in [6, 6.07) is 20.9. The van der Waals surface area contributed by atoms with E-state index in [-0.39, 0.29) is 12.1 Å². The summed E-state index contributed by atoms with van der Waals surface area (Å²) in [6.07, 6.45) is 3.16. The minimum atomic E-state index is -0.489. The Morgan fingerprint density at radius 2 is 1.76 bits per heavy atom. The largest absolute Gasteiger partial charge is 0.496 e. The number of hydrogen-bond donors (Lipinski definition) is 1. The minimum absolute atomic E-state index is 0.143. The van der Waals surface area contributed by atoms with Crippen LogP contribution in [0.5, 0.6) is 11.6 Å². The maximum Gasteiger partial charge on any atom is 0.407 e. The number of ether oxygens (including phenoxy) is 3. The number of benzene rings is 2. The van der Waals surface area contributed by atoms with Gasteiger partial charge in [-0.15, -0.1) is 0 Å². The van der Waals surface area contributed by atoms with Gasteiger partial charge in [0.05, 0.1) is 18.5 Å². The molecule has 2 aliphatic rings. The molecule has 1 amide bonds. The summed E-state index contributed by atoms with van der Waals surface area (Å²) in [7, 11) is 1.65. The van der Waals surface area contributed by atoms with Crippen LogP contribution in [-0.2, 0) is 18.0 Å². The highest BCUT2D eigenvalue weighted by atomic mass is 16.6. The number of pyridine rings is 1. The second-order valence-corrected chi connectivity index (χ2v) is 11.8. The van der Waals surface area contributed by atoms with Crippen LogP contribution in [0.2, 0.25) is 0 Å². The minimum Gasteiger partial charge on any atom is -0.496 e. The summed E-state index contributed by atoms with van der Waals surface area (Å²) in [5.41, 5.74) is 5.49. The van der Waals surface area contributed by atoms with Crippen molar-refractivity contribution >= 4 is 6.09 Å². The van der Waals surface area contributed by atoms with Crippen molar-refractivity contribution in [3.63, 3.8) is 0 Å². The van der Waals surface area contributed by atoms with E-state index in [1.807, 2.05) is 45.0 Å². The van der Waals surface area contributed by atoms with E-state index in [1.165, 1.54) is 5.56 Å². The van der Waals surface area contributed by atoms with Crippen LogP contribution in [0.3, 0.4) is 0 Å². The standard InChI is InChI=1S/C33H37N5O4/c1-33(2,3)42-32(39)35-25-15-18-37(19-16-25)20-22-10-12-23(13-11-22)28-29(24-8-6-5-7-9-24)38-21-41-31-27(30(38)36-28)26(40-4)14-17-34-31/h5-14,17,25H,15-16,18-21H2,1-4H3,(H,35,39). The fourth-order valence-corrected chi connectivity index (χ4v) is 5.63. The summed E-state index contributed by atoms with van der Waals surface area (Å²) in [4.78, 5) is 24.2. The number of likely N-dealkylation sites (tertiary alicyclic amines) is 1. The van der Waals surface area contributed by atoms with E-state index in [0.717, 1.165) is 66.4 Å². The Bertz CT molecular complexity index is 1540. The Labute approximate surface area is 246 Å². The lowest BCUT2D eigenvalue weighted by Gasteiger charge is -2.32. The second kappa shape index (κ2) is 11.5. The summed E-state index contributed by atoms with van der Waals surface area (Å²) < 4.78 is 19.2. The molecule has 9 heteroatoms. The Hall–Kier alpha value is -4.37. The van der Waals surface area contributed by atoms with Crippen molar-refractivity contribution in [1.29, 1.82) is 0 Å². The zero-order valence-electron chi connectivity index (χ0n) is 24.6. The van der Waals surface area contributed by atoms with Crippen LogP contribution in [-0.4, -0.2) is 57.4 Å². The number of alkyl carbamates (subject to hydrolysis) is 1. The Balaban J connectivity index is 1.21. The summed E-state index contributed by atoms with van der Waals surface area (Å²) in [5, 5.41) is 3.02. The van der Waals surface area contributed by atoms with Crippen molar-refractivity contribution in [1.82, 2.24) is 24.8 Å². The van der Waals surface area contributed by atoms with Gasteiger partial charge in [-0.3, -0.25) is 9.47 Å². The number of aromatic nitrogens is 3. The zero-order valence-corrected chi connectivity index (χ0v) is 24.6. The smallest absolute Gasteiger partial charge is 0.407 e. The summed E-state index contributed by atoms with van der Waals surface area (Å²) in [6.45, 7) is 8.65. The summed E-state index contributed by atoms with van der Waals surface area (Å²) in [5.74, 6) is 1.98. The summed E-state index contributed by atoms with van der Waals surface area (Å²) >= 11 is 0. The first-order valence-electron chi connectivity index (χ1n) is 14.4. The number of nitrogens with one attached hydrogen (secondary N) is 1. The number of piperidine rings is 1. The number of nitrogens with zero attached hydrogens (tertiary/aromatic N) is 4. The third-order valence-corrected chi connectivity index (χ3v) is 7.61. The first-order valence-corrected chi connectivity index (χ1v) is 14.4. The molecule has 1 saturated heterocycles. The van der Waals surface area contributed by atoms with E-state index in [0.29, 0.717) is 18.4 Å². The van der Waals surface area contributed by atoms with Gasteiger partial charge in [-0.25, -0.2) is 14.8 Å². The molecule has 2 aliphatic heterocycles. The van der Waals surface area contributed by atoms with Gasteiger partial charge < -0.3 is 19.5 Å². The van der Waals surface area contributed by atoms with Gasteiger partial charge >= 0.3 is 6.09 Å². The first kappa shape index (κ1) is 27.8. The number of methoxy groups -OCH3 is 1. The van der Waals surface area contributed by atoms with E-state index in [2.05, 4.69) is 56.2 Å². The van der Waals surface area contributed by atoms with Crippen molar-refractivity contribution < 1.29 is 19.0 Å². The van der Waals surface area contributed by atoms with Gasteiger partial charge in [-0.2, -0.15) is 0 Å². The molecule has 0 aliphatic carbocycles. The first-order chi connectivity index (χ1) is 20.3. The van der Waals surface area contributed by atoms with E-state index in [1.54, 1.807) is 13.3 Å². The normalized spacial score (nSPS) is 15.3. The average molecular weight is 568 g/mol. The Morgan fingerprint density at radius 1 is 1.02 bits per heavy atom. The molecule has 0 spiro atoms. The number of carbonyl (C=O) groups is 1. The molecule has 2 aromatic heterocycles. The van der Waals surface area contributed by atoms with E-state index in [9.17, 15) is 4.79 Å². The number of imidazole rings is 1. The van der Waals surface area contributed by atoms with E-state index in [4.69, 9.17) is 19.2 Å².